The maximum Gasteiger partial charge on any atom is 0.338 e. The molecule has 2 aromatic carbocycles. The zero-order valence-corrected chi connectivity index (χ0v) is 37.1. The van der Waals surface area contributed by atoms with E-state index in [2.05, 4.69) is 5.32 Å². The first-order valence-electron chi connectivity index (χ1n) is 21.9. The molecule has 7 rings (SSSR count). The Kier molecular flexibility index (Phi) is 13.5. The van der Waals surface area contributed by atoms with Gasteiger partial charge in [-0.1, -0.05) is 69.3 Å². The van der Waals surface area contributed by atoms with Crippen molar-refractivity contribution in [3.63, 3.8) is 0 Å². The zero-order chi connectivity index (χ0) is 47.4. The van der Waals surface area contributed by atoms with E-state index in [1.807, 2.05) is 0 Å². The normalized spacial score (nSPS) is 37.1. The van der Waals surface area contributed by atoms with Gasteiger partial charge in [-0.2, -0.15) is 0 Å². The number of Topliss-reactive ketones (excluding diaryl/α,β-unsaturated/α-hetero) is 1. The Morgan fingerprint density at radius 2 is 1.57 bits per heavy atom. The zero-order valence-electron chi connectivity index (χ0n) is 37.1. The number of amides is 1. The van der Waals surface area contributed by atoms with Crippen molar-refractivity contribution < 1.29 is 83.0 Å². The van der Waals surface area contributed by atoms with Gasteiger partial charge in [-0.25, -0.2) is 9.59 Å². The number of carbonyl (C=O) groups is 5. The summed E-state index contributed by atoms with van der Waals surface area (Å²) in [5.74, 6) is -6.06. The van der Waals surface area contributed by atoms with Crippen LogP contribution in [0.5, 0.6) is 0 Å². The molecule has 18 nitrogen and oxygen atoms in total. The Bertz CT molecular complexity index is 2170. The average molecular weight is 910 g/mol. The number of fused-ring (bicyclic) bond motifs is 5. The standard InChI is InChI=1S/C47H59NO17/c1-7-14-31(51)48-33(25-15-10-8-11-16-25)36(54)42(58)62-28-20-47(59)40(64-41(57)26-17-12-9-13-18-26)38-45(6,39(56)35(53)32(23(28)2)44(47,4)5)29(19-30-46(38,22-61-30)65-24(3)49)63-43-37(55)34(52)27(50)21-60-43/h8-13,15-18,27-30,33-38,40,43,50,52-55,59H,7,14,19-22H2,1-6H3,(H,48,51)/t27-,28-,29+,30+,33-,34+,35+,36+,37-,38-,40+,43+,45+,46-,47+/m0/s1. The summed E-state index contributed by atoms with van der Waals surface area (Å²) >= 11 is 0. The third-order valence-corrected chi connectivity index (χ3v) is 14.4. The molecule has 2 saturated heterocycles. The Labute approximate surface area is 375 Å². The number of aliphatic hydroxyl groups is 6. The van der Waals surface area contributed by atoms with Crippen molar-refractivity contribution in [2.24, 2.45) is 16.7 Å². The molecule has 0 radical (unpaired) electrons. The van der Waals surface area contributed by atoms with Crippen LogP contribution in [-0.4, -0.2) is 146 Å². The van der Waals surface area contributed by atoms with Crippen molar-refractivity contribution in [3.05, 3.63) is 82.9 Å². The van der Waals surface area contributed by atoms with Crippen LogP contribution in [0.15, 0.2) is 71.8 Å². The van der Waals surface area contributed by atoms with Gasteiger partial charge in [0, 0.05) is 31.6 Å². The predicted octanol–water partition coefficient (Wildman–Crippen LogP) is 1.11. The Hall–Kier alpha value is -4.63. The summed E-state index contributed by atoms with van der Waals surface area (Å²) < 4.78 is 36.6. The molecule has 4 fully saturated rings. The second-order valence-electron chi connectivity index (χ2n) is 18.6. The molecule has 18 heteroatoms. The highest BCUT2D eigenvalue weighted by Gasteiger charge is 2.78. The number of rotatable bonds is 12. The second kappa shape index (κ2) is 18.2. The highest BCUT2D eigenvalue weighted by atomic mass is 16.7. The summed E-state index contributed by atoms with van der Waals surface area (Å²) in [5.41, 5.74) is -7.70. The van der Waals surface area contributed by atoms with Crippen molar-refractivity contribution in [1.29, 1.82) is 0 Å². The minimum absolute atomic E-state index is 0.0350. The molecule has 0 unspecified atom stereocenters. The summed E-state index contributed by atoms with van der Waals surface area (Å²) in [6, 6.07) is 14.7. The third kappa shape index (κ3) is 8.20. The number of ether oxygens (including phenoxy) is 6. The number of hydrogen-bond donors (Lipinski definition) is 7. The fourth-order valence-corrected chi connectivity index (χ4v) is 10.8. The lowest BCUT2D eigenvalue weighted by Crippen LogP contribution is -2.82. The smallest absolute Gasteiger partial charge is 0.338 e. The maximum absolute atomic E-state index is 15.6. The lowest BCUT2D eigenvalue weighted by atomic mass is 9.44. The molecule has 2 saturated carbocycles. The number of esters is 3. The molecular formula is C47H59NO17. The second-order valence-corrected chi connectivity index (χ2v) is 18.6. The SMILES string of the molecule is CCCC(=O)N[C@@H](c1ccccc1)[C@@H](O)C(=O)O[C@H]1C[C@@]2(O)[C@H](OC(=O)c3ccccc3)[C@@H]3[C@]4(OC(C)=O)CO[C@@H]4C[C@@H](O[C@H]4OC[C@H](O)[C@@H](O)[C@@H]4O)[C@@]3(C)C(=O)[C@H](O)C(=C1C)C2(C)C. The van der Waals surface area contributed by atoms with E-state index >= 15 is 4.79 Å². The highest BCUT2D eigenvalue weighted by Crippen LogP contribution is 2.65. The molecule has 65 heavy (non-hydrogen) atoms. The summed E-state index contributed by atoms with van der Waals surface area (Å²) in [6.45, 7) is 8.03. The van der Waals surface area contributed by atoms with E-state index in [4.69, 9.17) is 28.4 Å². The third-order valence-electron chi connectivity index (χ3n) is 14.4. The molecular weight excluding hydrogens is 851 g/mol. The molecule has 7 N–H and O–H groups in total. The van der Waals surface area contributed by atoms with Crippen molar-refractivity contribution in [2.45, 2.75) is 146 Å². The van der Waals surface area contributed by atoms with Gasteiger partial charge in [0.2, 0.25) is 5.91 Å². The van der Waals surface area contributed by atoms with Gasteiger partial charge in [-0.3, -0.25) is 14.4 Å². The fraction of sp³-hybridized carbons (Fsp3) is 0.596. The summed E-state index contributed by atoms with van der Waals surface area (Å²) in [5, 5.41) is 72.5. The van der Waals surface area contributed by atoms with E-state index in [0.29, 0.717) is 12.0 Å². The first-order chi connectivity index (χ1) is 30.6. The van der Waals surface area contributed by atoms with Gasteiger partial charge in [-0.15, -0.1) is 0 Å². The summed E-state index contributed by atoms with van der Waals surface area (Å²) in [4.78, 5) is 70.3. The molecule has 354 valence electrons. The summed E-state index contributed by atoms with van der Waals surface area (Å²) in [6.07, 6.45) is -17.0. The molecule has 2 heterocycles. The van der Waals surface area contributed by atoms with Crippen LogP contribution in [0.2, 0.25) is 0 Å². The molecule has 2 aliphatic heterocycles. The highest BCUT2D eigenvalue weighted by molar-refractivity contribution is 5.94. The van der Waals surface area contributed by atoms with Crippen molar-refractivity contribution in [2.75, 3.05) is 13.2 Å². The van der Waals surface area contributed by atoms with Gasteiger partial charge >= 0.3 is 17.9 Å². The van der Waals surface area contributed by atoms with E-state index in [-0.39, 0.29) is 36.2 Å². The molecule has 0 spiro atoms. The lowest BCUT2D eigenvalue weighted by molar-refractivity contribution is -0.366. The van der Waals surface area contributed by atoms with Gasteiger partial charge in [0.15, 0.2) is 23.8 Å². The van der Waals surface area contributed by atoms with E-state index in [9.17, 15) is 49.8 Å². The van der Waals surface area contributed by atoms with Crippen LogP contribution in [0.4, 0.5) is 0 Å². The van der Waals surface area contributed by atoms with Crippen LogP contribution < -0.4 is 5.32 Å². The molecule has 2 aromatic rings. The number of hydrogen-bond acceptors (Lipinski definition) is 17. The quantitative estimate of drug-likeness (QED) is 0.0893. The molecule has 1 amide bonds. The first kappa shape index (κ1) is 48.3. The topological polar surface area (TPSA) is 274 Å². The molecule has 5 aliphatic rings. The lowest BCUT2D eigenvalue weighted by Gasteiger charge is -2.68. The van der Waals surface area contributed by atoms with Crippen LogP contribution in [0.3, 0.4) is 0 Å². The fourth-order valence-electron chi connectivity index (χ4n) is 10.8. The van der Waals surface area contributed by atoms with E-state index in [1.54, 1.807) is 55.5 Å². The van der Waals surface area contributed by atoms with Gasteiger partial charge < -0.3 is 64.4 Å². The van der Waals surface area contributed by atoms with Crippen LogP contribution >= 0.6 is 0 Å². The van der Waals surface area contributed by atoms with E-state index in [1.165, 1.54) is 39.8 Å². The number of nitrogens with one attached hydrogen (secondary N) is 1. The predicted molar refractivity (Wildman–Crippen MR) is 224 cm³/mol. The monoisotopic (exact) mass is 909 g/mol. The number of carbonyl (C=O) groups excluding carboxylic acids is 5. The molecule has 3 aliphatic carbocycles. The molecule has 15 atom stereocenters. The number of benzene rings is 2. The largest absolute Gasteiger partial charge is 0.456 e. The molecule has 0 aromatic heterocycles. The Balaban J connectivity index is 1.39. The summed E-state index contributed by atoms with van der Waals surface area (Å²) in [7, 11) is 0. The Morgan fingerprint density at radius 1 is 0.923 bits per heavy atom. The van der Waals surface area contributed by atoms with Gasteiger partial charge in [-0.05, 0) is 49.1 Å². The molecule has 2 bridgehead atoms. The van der Waals surface area contributed by atoms with E-state index < -0.39 is 138 Å². The van der Waals surface area contributed by atoms with Crippen molar-refractivity contribution in [3.8, 4) is 0 Å². The van der Waals surface area contributed by atoms with Gasteiger partial charge in [0.1, 0.15) is 48.3 Å². The van der Waals surface area contributed by atoms with Gasteiger partial charge in [0.25, 0.3) is 0 Å². The maximum atomic E-state index is 15.6. The minimum Gasteiger partial charge on any atom is -0.456 e. The van der Waals surface area contributed by atoms with Crippen LogP contribution in [-0.2, 0) is 47.6 Å². The van der Waals surface area contributed by atoms with Crippen LogP contribution in [0.25, 0.3) is 0 Å². The first-order valence-corrected chi connectivity index (χ1v) is 21.9. The number of ketones is 1. The average Bonchev–Trinajstić information content (AvgIpc) is 3.26. The van der Waals surface area contributed by atoms with Crippen LogP contribution in [0.1, 0.15) is 89.2 Å². The van der Waals surface area contributed by atoms with Crippen LogP contribution in [0, 0.1) is 16.7 Å². The number of aliphatic hydroxyl groups excluding tert-OH is 5. The Morgan fingerprint density at radius 3 is 2.17 bits per heavy atom. The van der Waals surface area contributed by atoms with Gasteiger partial charge in [0.05, 0.1) is 42.3 Å². The van der Waals surface area contributed by atoms with Crippen molar-refractivity contribution in [1.82, 2.24) is 5.32 Å². The minimum atomic E-state index is -2.44. The van der Waals surface area contributed by atoms with E-state index in [0.717, 1.165) is 6.92 Å². The van der Waals surface area contributed by atoms with Crippen molar-refractivity contribution >= 4 is 29.6 Å².